The molecular weight excluding hydrogens is 290 g/mol. The average molecular weight is 313 g/mol. The standard InChI is InChI=1S/C14H23N3O3S/c1-14(2,3)10-16-7-8-21(19,20)12-6-4-5-11(9-12)13(15)17-18/h4-6,9,16,18H,7-8,10H2,1-3H3,(H2,15,17). The molecule has 118 valence electrons. The lowest BCUT2D eigenvalue weighted by Crippen LogP contribution is -2.31. The van der Waals surface area contributed by atoms with Crippen molar-refractivity contribution in [1.82, 2.24) is 5.32 Å². The van der Waals surface area contributed by atoms with Gasteiger partial charge in [0.1, 0.15) is 0 Å². The van der Waals surface area contributed by atoms with Crippen molar-refractivity contribution < 1.29 is 13.6 Å². The van der Waals surface area contributed by atoms with E-state index in [-0.39, 0.29) is 21.9 Å². The Kier molecular flexibility index (Phi) is 5.74. The number of hydrogen-bond acceptors (Lipinski definition) is 5. The third kappa shape index (κ3) is 5.73. The maximum Gasteiger partial charge on any atom is 0.179 e. The van der Waals surface area contributed by atoms with E-state index in [0.29, 0.717) is 12.1 Å². The van der Waals surface area contributed by atoms with Crippen LogP contribution in [0.2, 0.25) is 0 Å². The van der Waals surface area contributed by atoms with Crippen LogP contribution in [0.25, 0.3) is 0 Å². The molecular formula is C14H23N3O3S. The number of amidine groups is 1. The summed E-state index contributed by atoms with van der Waals surface area (Å²) in [5.74, 6) is -0.110. The van der Waals surface area contributed by atoms with Crippen LogP contribution in [0.3, 0.4) is 0 Å². The van der Waals surface area contributed by atoms with Crippen molar-refractivity contribution in [3.8, 4) is 0 Å². The summed E-state index contributed by atoms with van der Waals surface area (Å²) >= 11 is 0. The summed E-state index contributed by atoms with van der Waals surface area (Å²) in [5, 5.41) is 14.6. The zero-order chi connectivity index (χ0) is 16.1. The Morgan fingerprint density at radius 3 is 2.62 bits per heavy atom. The van der Waals surface area contributed by atoms with Crippen LogP contribution in [0, 0.1) is 5.41 Å². The lowest BCUT2D eigenvalue weighted by molar-refractivity contribution is 0.318. The van der Waals surface area contributed by atoms with Crippen LogP contribution in [0.4, 0.5) is 0 Å². The highest BCUT2D eigenvalue weighted by molar-refractivity contribution is 7.91. The fraction of sp³-hybridized carbons (Fsp3) is 0.500. The zero-order valence-corrected chi connectivity index (χ0v) is 13.4. The van der Waals surface area contributed by atoms with Crippen molar-refractivity contribution in [3.63, 3.8) is 0 Å². The first kappa shape index (κ1) is 17.5. The van der Waals surface area contributed by atoms with Gasteiger partial charge in [0.25, 0.3) is 0 Å². The summed E-state index contributed by atoms with van der Waals surface area (Å²) in [6.07, 6.45) is 0. The molecule has 0 bridgehead atoms. The van der Waals surface area contributed by atoms with E-state index in [4.69, 9.17) is 10.9 Å². The Bertz CT molecular complexity index is 604. The predicted octanol–water partition coefficient (Wildman–Crippen LogP) is 1.19. The largest absolute Gasteiger partial charge is 0.409 e. The summed E-state index contributed by atoms with van der Waals surface area (Å²) in [4.78, 5) is 0.171. The number of nitrogens with two attached hydrogens (primary N) is 1. The van der Waals surface area contributed by atoms with Gasteiger partial charge in [-0.15, -0.1) is 0 Å². The first-order valence-electron chi connectivity index (χ1n) is 6.67. The number of hydrogen-bond donors (Lipinski definition) is 3. The van der Waals surface area contributed by atoms with Gasteiger partial charge in [0, 0.05) is 18.7 Å². The molecule has 0 amide bonds. The Morgan fingerprint density at radius 1 is 1.38 bits per heavy atom. The van der Waals surface area contributed by atoms with Crippen LogP contribution < -0.4 is 11.1 Å². The molecule has 0 aromatic heterocycles. The van der Waals surface area contributed by atoms with Crippen molar-refractivity contribution >= 4 is 15.7 Å². The molecule has 0 saturated heterocycles. The Balaban J connectivity index is 2.75. The van der Waals surface area contributed by atoms with E-state index in [9.17, 15) is 8.42 Å². The average Bonchev–Trinajstić information content (AvgIpc) is 2.42. The molecule has 21 heavy (non-hydrogen) atoms. The molecule has 0 aliphatic carbocycles. The minimum absolute atomic E-state index is 0.00268. The molecule has 0 fully saturated rings. The van der Waals surface area contributed by atoms with Gasteiger partial charge in [-0.2, -0.15) is 0 Å². The van der Waals surface area contributed by atoms with Crippen LogP contribution in [-0.4, -0.2) is 38.3 Å². The molecule has 0 unspecified atom stereocenters. The molecule has 0 atom stereocenters. The molecule has 6 nitrogen and oxygen atoms in total. The molecule has 0 spiro atoms. The van der Waals surface area contributed by atoms with Crippen LogP contribution >= 0.6 is 0 Å². The highest BCUT2D eigenvalue weighted by atomic mass is 32.2. The molecule has 4 N–H and O–H groups in total. The van der Waals surface area contributed by atoms with Crippen LogP contribution in [0.5, 0.6) is 0 Å². The molecule has 0 radical (unpaired) electrons. The van der Waals surface area contributed by atoms with Gasteiger partial charge >= 0.3 is 0 Å². The van der Waals surface area contributed by atoms with Gasteiger partial charge in [-0.3, -0.25) is 0 Å². The highest BCUT2D eigenvalue weighted by Gasteiger charge is 2.16. The van der Waals surface area contributed by atoms with Gasteiger partial charge in [-0.1, -0.05) is 38.1 Å². The number of nitrogens with zero attached hydrogens (tertiary/aromatic N) is 1. The van der Waals surface area contributed by atoms with Gasteiger partial charge in [-0.05, 0) is 17.5 Å². The topological polar surface area (TPSA) is 105 Å². The second kappa shape index (κ2) is 6.91. The van der Waals surface area contributed by atoms with Crippen LogP contribution in [0.15, 0.2) is 34.3 Å². The Labute approximate surface area is 126 Å². The van der Waals surface area contributed by atoms with Gasteiger partial charge in [0.15, 0.2) is 15.7 Å². The first-order valence-corrected chi connectivity index (χ1v) is 8.32. The lowest BCUT2D eigenvalue weighted by Gasteiger charge is -2.18. The van der Waals surface area contributed by atoms with E-state index in [2.05, 4.69) is 31.2 Å². The summed E-state index contributed by atoms with van der Waals surface area (Å²) in [6.45, 7) is 7.36. The molecule has 0 aliphatic rings. The summed E-state index contributed by atoms with van der Waals surface area (Å²) in [7, 11) is -3.40. The third-order valence-corrected chi connectivity index (χ3v) is 4.51. The predicted molar refractivity (Wildman–Crippen MR) is 83.3 cm³/mol. The molecule has 1 aromatic carbocycles. The Hall–Kier alpha value is -1.60. The van der Waals surface area contributed by atoms with E-state index < -0.39 is 9.84 Å². The molecule has 0 aliphatic heterocycles. The van der Waals surface area contributed by atoms with Crippen molar-refractivity contribution in [2.45, 2.75) is 25.7 Å². The third-order valence-electron chi connectivity index (χ3n) is 2.80. The first-order chi connectivity index (χ1) is 9.65. The molecule has 1 aromatic rings. The summed E-state index contributed by atoms with van der Waals surface area (Å²) < 4.78 is 24.5. The lowest BCUT2D eigenvalue weighted by atomic mass is 9.97. The molecule has 0 saturated carbocycles. The van der Waals surface area contributed by atoms with E-state index in [1.807, 2.05) is 0 Å². The van der Waals surface area contributed by atoms with Gasteiger partial charge < -0.3 is 16.3 Å². The molecule has 7 heteroatoms. The monoisotopic (exact) mass is 313 g/mol. The summed E-state index contributed by atoms with van der Waals surface area (Å²) in [6, 6.07) is 6.08. The van der Waals surface area contributed by atoms with Crippen LogP contribution in [-0.2, 0) is 9.84 Å². The number of benzene rings is 1. The minimum atomic E-state index is -3.40. The zero-order valence-electron chi connectivity index (χ0n) is 12.6. The van der Waals surface area contributed by atoms with E-state index in [1.54, 1.807) is 12.1 Å². The van der Waals surface area contributed by atoms with E-state index in [1.165, 1.54) is 12.1 Å². The van der Waals surface area contributed by atoms with E-state index in [0.717, 1.165) is 6.54 Å². The SMILES string of the molecule is CC(C)(C)CNCCS(=O)(=O)c1cccc(/C(N)=N/O)c1. The van der Waals surface area contributed by atoms with Crippen molar-refractivity contribution in [1.29, 1.82) is 0 Å². The van der Waals surface area contributed by atoms with Crippen molar-refractivity contribution in [2.24, 2.45) is 16.3 Å². The normalized spacial score (nSPS) is 13.4. The number of rotatable bonds is 6. The molecule has 1 rings (SSSR count). The smallest absolute Gasteiger partial charge is 0.179 e. The van der Waals surface area contributed by atoms with E-state index >= 15 is 0 Å². The number of oxime groups is 1. The fourth-order valence-electron chi connectivity index (χ4n) is 1.69. The summed E-state index contributed by atoms with van der Waals surface area (Å²) in [5.41, 5.74) is 5.95. The maximum atomic E-state index is 12.2. The van der Waals surface area contributed by atoms with Gasteiger partial charge in [0.2, 0.25) is 0 Å². The minimum Gasteiger partial charge on any atom is -0.409 e. The fourth-order valence-corrected chi connectivity index (χ4v) is 2.94. The number of sulfone groups is 1. The Morgan fingerprint density at radius 2 is 2.05 bits per heavy atom. The van der Waals surface area contributed by atoms with Crippen LogP contribution in [0.1, 0.15) is 26.3 Å². The molecule has 0 heterocycles. The number of nitrogens with one attached hydrogen (secondary N) is 1. The second-order valence-corrected chi connectivity index (χ2v) is 8.18. The maximum absolute atomic E-state index is 12.2. The van der Waals surface area contributed by atoms with Gasteiger partial charge in [-0.25, -0.2) is 8.42 Å². The highest BCUT2D eigenvalue weighted by Crippen LogP contribution is 2.14. The van der Waals surface area contributed by atoms with Crippen molar-refractivity contribution in [2.75, 3.05) is 18.8 Å². The quantitative estimate of drug-likeness (QED) is 0.240. The van der Waals surface area contributed by atoms with Crippen molar-refractivity contribution in [3.05, 3.63) is 29.8 Å². The van der Waals surface area contributed by atoms with Gasteiger partial charge in [0.05, 0.1) is 10.6 Å². The second-order valence-electron chi connectivity index (χ2n) is 6.07.